The van der Waals surface area contributed by atoms with Gasteiger partial charge in [0.1, 0.15) is 0 Å². The van der Waals surface area contributed by atoms with Crippen molar-refractivity contribution in [3.8, 4) is 0 Å². The molecule has 3 rings (SSSR count). The monoisotopic (exact) mass is 295 g/mol. The normalized spacial score (nSPS) is 15.4. The third-order valence-corrected chi connectivity index (χ3v) is 4.20. The van der Waals surface area contributed by atoms with Crippen molar-refractivity contribution < 1.29 is 0 Å². The highest BCUT2D eigenvalue weighted by atomic mass is 15.3. The maximum Gasteiger partial charge on any atom is 0.0367 e. The quantitative estimate of drug-likeness (QED) is 0.858. The van der Waals surface area contributed by atoms with Crippen LogP contribution in [0, 0.1) is 0 Å². The molecule has 2 aromatic rings. The van der Waals surface area contributed by atoms with Gasteiger partial charge < -0.3 is 14.7 Å². The van der Waals surface area contributed by atoms with E-state index in [4.69, 9.17) is 0 Å². The molecule has 3 heteroatoms. The second-order valence-corrected chi connectivity index (χ2v) is 6.21. The summed E-state index contributed by atoms with van der Waals surface area (Å²) in [6, 6.07) is 19.7. The maximum absolute atomic E-state index is 2.48. The van der Waals surface area contributed by atoms with Crippen molar-refractivity contribution in [3.63, 3.8) is 0 Å². The van der Waals surface area contributed by atoms with Crippen LogP contribution < -0.4 is 9.80 Å². The van der Waals surface area contributed by atoms with Crippen LogP contribution in [-0.4, -0.2) is 45.2 Å². The van der Waals surface area contributed by atoms with Gasteiger partial charge in [-0.05, 0) is 43.9 Å². The molecule has 0 aliphatic carbocycles. The molecule has 1 fully saturated rings. The number of piperazine rings is 1. The van der Waals surface area contributed by atoms with Gasteiger partial charge in [0.25, 0.3) is 0 Å². The van der Waals surface area contributed by atoms with Gasteiger partial charge in [-0.1, -0.05) is 30.3 Å². The van der Waals surface area contributed by atoms with Crippen molar-refractivity contribution in [2.75, 3.05) is 50.1 Å². The standard InChI is InChI=1S/C19H25N3/c1-20(2)16-17-8-10-19(11-9-17)22-14-12-21(13-15-22)18-6-4-3-5-7-18/h3-11H,12-16H2,1-2H3. The Labute approximate surface area is 133 Å². The van der Waals surface area contributed by atoms with E-state index in [1.807, 2.05) is 0 Å². The second kappa shape index (κ2) is 6.84. The van der Waals surface area contributed by atoms with Crippen LogP contribution in [0.5, 0.6) is 0 Å². The Morgan fingerprint density at radius 3 is 1.73 bits per heavy atom. The summed E-state index contributed by atoms with van der Waals surface area (Å²) in [6.07, 6.45) is 0. The van der Waals surface area contributed by atoms with Crippen molar-refractivity contribution in [2.24, 2.45) is 0 Å². The molecule has 0 N–H and O–H groups in total. The molecule has 1 aliphatic heterocycles. The molecule has 1 heterocycles. The van der Waals surface area contributed by atoms with Crippen LogP contribution in [-0.2, 0) is 6.54 Å². The van der Waals surface area contributed by atoms with Crippen molar-refractivity contribution in [1.29, 1.82) is 0 Å². The van der Waals surface area contributed by atoms with Gasteiger partial charge in [0, 0.05) is 44.1 Å². The summed E-state index contributed by atoms with van der Waals surface area (Å²) < 4.78 is 0. The van der Waals surface area contributed by atoms with Gasteiger partial charge in [-0.2, -0.15) is 0 Å². The van der Waals surface area contributed by atoms with Gasteiger partial charge in [0.15, 0.2) is 0 Å². The second-order valence-electron chi connectivity index (χ2n) is 6.21. The summed E-state index contributed by atoms with van der Waals surface area (Å²) in [5, 5.41) is 0. The summed E-state index contributed by atoms with van der Waals surface area (Å²) in [7, 11) is 4.22. The van der Waals surface area contributed by atoms with Crippen LogP contribution in [0.3, 0.4) is 0 Å². The lowest BCUT2D eigenvalue weighted by Crippen LogP contribution is -2.46. The van der Waals surface area contributed by atoms with Gasteiger partial charge >= 0.3 is 0 Å². The molecule has 1 aliphatic rings. The van der Waals surface area contributed by atoms with Crippen molar-refractivity contribution in [2.45, 2.75) is 6.54 Å². The molecule has 2 aromatic carbocycles. The van der Waals surface area contributed by atoms with E-state index in [9.17, 15) is 0 Å². The summed E-state index contributed by atoms with van der Waals surface area (Å²) in [5.74, 6) is 0. The first-order valence-corrected chi connectivity index (χ1v) is 8.01. The first kappa shape index (κ1) is 14.9. The molecular weight excluding hydrogens is 270 g/mol. The minimum atomic E-state index is 1.00. The molecule has 0 spiro atoms. The van der Waals surface area contributed by atoms with Crippen LogP contribution in [0.15, 0.2) is 54.6 Å². The van der Waals surface area contributed by atoms with Crippen molar-refractivity contribution >= 4 is 11.4 Å². The summed E-state index contributed by atoms with van der Waals surface area (Å²) in [5.41, 5.74) is 4.05. The highest BCUT2D eigenvalue weighted by molar-refractivity contribution is 5.52. The SMILES string of the molecule is CN(C)Cc1ccc(N2CCN(c3ccccc3)CC2)cc1. The fourth-order valence-electron chi connectivity index (χ4n) is 3.04. The molecule has 0 amide bonds. The average Bonchev–Trinajstić information content (AvgIpc) is 2.56. The van der Waals surface area contributed by atoms with E-state index in [-0.39, 0.29) is 0 Å². The van der Waals surface area contributed by atoms with E-state index in [0.29, 0.717) is 0 Å². The zero-order chi connectivity index (χ0) is 15.4. The molecule has 1 saturated heterocycles. The molecule has 0 saturated carbocycles. The van der Waals surface area contributed by atoms with Crippen LogP contribution in [0.1, 0.15) is 5.56 Å². The number of hydrogen-bond acceptors (Lipinski definition) is 3. The zero-order valence-corrected chi connectivity index (χ0v) is 13.6. The summed E-state index contributed by atoms with van der Waals surface area (Å²) in [4.78, 5) is 7.16. The molecule has 116 valence electrons. The molecule has 0 unspecified atom stereocenters. The maximum atomic E-state index is 2.48. The highest BCUT2D eigenvalue weighted by Gasteiger charge is 2.17. The predicted molar refractivity (Wildman–Crippen MR) is 94.7 cm³/mol. The molecule has 22 heavy (non-hydrogen) atoms. The Kier molecular flexibility index (Phi) is 4.64. The number of para-hydroxylation sites is 1. The zero-order valence-electron chi connectivity index (χ0n) is 13.6. The first-order chi connectivity index (χ1) is 10.7. The Morgan fingerprint density at radius 2 is 1.23 bits per heavy atom. The highest BCUT2D eigenvalue weighted by Crippen LogP contribution is 2.21. The number of hydrogen-bond donors (Lipinski definition) is 0. The molecular formula is C19H25N3. The lowest BCUT2D eigenvalue weighted by Gasteiger charge is -2.37. The largest absolute Gasteiger partial charge is 0.368 e. The summed E-state index contributed by atoms with van der Waals surface area (Å²) in [6.45, 7) is 5.35. The molecule has 0 radical (unpaired) electrons. The van der Waals surface area contributed by atoms with Gasteiger partial charge in [0.2, 0.25) is 0 Å². The van der Waals surface area contributed by atoms with Crippen molar-refractivity contribution in [3.05, 3.63) is 60.2 Å². The van der Waals surface area contributed by atoms with E-state index in [0.717, 1.165) is 32.7 Å². The fraction of sp³-hybridized carbons (Fsp3) is 0.368. The van der Waals surface area contributed by atoms with Gasteiger partial charge in [-0.25, -0.2) is 0 Å². The van der Waals surface area contributed by atoms with Gasteiger partial charge in [0.05, 0.1) is 0 Å². The molecule has 0 bridgehead atoms. The molecule has 0 aromatic heterocycles. The predicted octanol–water partition coefficient (Wildman–Crippen LogP) is 3.07. The smallest absolute Gasteiger partial charge is 0.0367 e. The molecule has 3 nitrogen and oxygen atoms in total. The third kappa shape index (κ3) is 3.60. The number of anilines is 2. The lowest BCUT2D eigenvalue weighted by atomic mass is 10.1. The first-order valence-electron chi connectivity index (χ1n) is 8.01. The Morgan fingerprint density at radius 1 is 0.727 bits per heavy atom. The topological polar surface area (TPSA) is 9.72 Å². The van der Waals surface area contributed by atoms with E-state index in [2.05, 4.69) is 83.4 Å². The number of rotatable bonds is 4. The van der Waals surface area contributed by atoms with E-state index in [1.54, 1.807) is 0 Å². The van der Waals surface area contributed by atoms with E-state index >= 15 is 0 Å². The van der Waals surface area contributed by atoms with Crippen LogP contribution >= 0.6 is 0 Å². The van der Waals surface area contributed by atoms with Crippen LogP contribution in [0.25, 0.3) is 0 Å². The third-order valence-electron chi connectivity index (χ3n) is 4.20. The molecule has 0 atom stereocenters. The number of benzene rings is 2. The van der Waals surface area contributed by atoms with Crippen LogP contribution in [0.4, 0.5) is 11.4 Å². The van der Waals surface area contributed by atoms with Gasteiger partial charge in [-0.3, -0.25) is 0 Å². The number of nitrogens with zero attached hydrogens (tertiary/aromatic N) is 3. The fourth-order valence-corrected chi connectivity index (χ4v) is 3.04. The van der Waals surface area contributed by atoms with Gasteiger partial charge in [-0.15, -0.1) is 0 Å². The Balaban J connectivity index is 1.59. The Bertz CT molecular complexity index is 569. The van der Waals surface area contributed by atoms with E-state index < -0.39 is 0 Å². The average molecular weight is 295 g/mol. The Hall–Kier alpha value is -2.00. The lowest BCUT2D eigenvalue weighted by molar-refractivity contribution is 0.402. The minimum absolute atomic E-state index is 1.00. The van der Waals surface area contributed by atoms with Crippen LogP contribution in [0.2, 0.25) is 0 Å². The van der Waals surface area contributed by atoms with Crippen molar-refractivity contribution in [1.82, 2.24) is 4.90 Å². The van der Waals surface area contributed by atoms with E-state index in [1.165, 1.54) is 16.9 Å². The summed E-state index contributed by atoms with van der Waals surface area (Å²) >= 11 is 0. The minimum Gasteiger partial charge on any atom is -0.368 e.